The maximum Gasteiger partial charge on any atom is 0.352 e. The van der Waals surface area contributed by atoms with E-state index in [0.29, 0.717) is 30.7 Å². The van der Waals surface area contributed by atoms with E-state index in [0.717, 1.165) is 11.1 Å². The van der Waals surface area contributed by atoms with E-state index in [1.165, 1.54) is 13.8 Å². The first kappa shape index (κ1) is 30.0. The van der Waals surface area contributed by atoms with Crippen LogP contribution in [0.25, 0.3) is 0 Å². The molecule has 5 N–H and O–H groups in total. The number of piperidine rings is 1. The summed E-state index contributed by atoms with van der Waals surface area (Å²) < 4.78 is 17.4. The first-order valence-electron chi connectivity index (χ1n) is 14.0. The average molecular weight is 589 g/mol. The van der Waals surface area contributed by atoms with Crippen LogP contribution in [0.2, 0.25) is 0 Å². The van der Waals surface area contributed by atoms with Crippen molar-refractivity contribution in [3.8, 4) is 5.75 Å². The number of nitrogens with zero attached hydrogens (tertiary/aromatic N) is 1. The molecule has 0 radical (unpaired) electrons. The molecule has 2 bridgehead atoms. The van der Waals surface area contributed by atoms with Gasteiger partial charge in [0.25, 0.3) is 0 Å². The van der Waals surface area contributed by atoms with Gasteiger partial charge in [0, 0.05) is 30.0 Å². The van der Waals surface area contributed by atoms with Gasteiger partial charge in [-0.25, -0.2) is 9.59 Å². The summed E-state index contributed by atoms with van der Waals surface area (Å²) in [4.78, 5) is 51.1. The lowest BCUT2D eigenvalue weighted by Crippen LogP contribution is -2.74. The van der Waals surface area contributed by atoms with Gasteiger partial charge in [-0.15, -0.1) is 0 Å². The van der Waals surface area contributed by atoms with E-state index in [2.05, 4.69) is 10.2 Å². The van der Waals surface area contributed by atoms with Crippen molar-refractivity contribution in [2.75, 3.05) is 13.6 Å². The van der Waals surface area contributed by atoms with Gasteiger partial charge in [0.2, 0.25) is 5.91 Å². The van der Waals surface area contributed by atoms with Crippen molar-refractivity contribution in [2.24, 2.45) is 0 Å². The van der Waals surface area contributed by atoms with Crippen LogP contribution in [-0.4, -0.2) is 98.7 Å². The molecule has 13 nitrogen and oxygen atoms in total. The molecule has 2 aliphatic heterocycles. The average Bonchev–Trinajstić information content (AvgIpc) is 3.29. The zero-order valence-corrected chi connectivity index (χ0v) is 23.7. The zero-order valence-electron chi connectivity index (χ0n) is 23.7. The first-order valence-corrected chi connectivity index (χ1v) is 14.0. The van der Waals surface area contributed by atoms with Gasteiger partial charge in [0.05, 0.1) is 17.6 Å². The van der Waals surface area contributed by atoms with Crippen LogP contribution in [0.15, 0.2) is 24.0 Å². The number of carboxylic acids is 1. The number of amides is 1. The van der Waals surface area contributed by atoms with Crippen LogP contribution < -0.4 is 10.1 Å². The summed E-state index contributed by atoms with van der Waals surface area (Å²) in [7, 11) is 1.97. The molecule has 1 amide bonds. The Morgan fingerprint density at radius 3 is 2.62 bits per heavy atom. The molecule has 0 unspecified atom stereocenters. The monoisotopic (exact) mass is 588 g/mol. The number of aliphatic hydroxyl groups excluding tert-OH is 2. The molecule has 1 spiro atoms. The standard InChI is InChI=1S/C29H36N2O11/c1-14(33)25(36)30-18(6-7-21(34)35)27(38)40-15(2)26(37)41-19-8-9-29(39)20-12-16-4-5-17(13-32)23-22(16)28(29,24(19)42-23)10-11-31(20)3/h4-5,8,14-15,18,20,24,32-33,39H,6-7,9-13H2,1-3H3,(H,30,36)(H,34,35)/t14-,15-,18-,20+,24-,28-,29+/m0/s1. The van der Waals surface area contributed by atoms with Crippen molar-refractivity contribution in [1.29, 1.82) is 0 Å². The van der Waals surface area contributed by atoms with Crippen molar-refractivity contribution < 1.29 is 53.8 Å². The number of carboxylic acid groups (broad SMARTS) is 1. The van der Waals surface area contributed by atoms with Gasteiger partial charge in [-0.05, 0) is 58.3 Å². The second-order valence-corrected chi connectivity index (χ2v) is 11.6. The fraction of sp³-hybridized carbons (Fsp3) is 0.586. The largest absolute Gasteiger partial charge is 0.481 e. The SMILES string of the molecule is C[C@H](O)C(=O)N[C@@H](CCC(=O)O)C(=O)O[C@@H](C)C(=O)OC1=CC[C@@]2(O)[C@H]3Cc4ccc(CO)c5c4[C@@]2(CCN3C)[C@H]1O5. The number of aliphatic carboxylic acids is 1. The van der Waals surface area contributed by atoms with Crippen molar-refractivity contribution in [3.63, 3.8) is 0 Å². The molecule has 2 aliphatic carbocycles. The van der Waals surface area contributed by atoms with Crippen LogP contribution in [0.5, 0.6) is 5.75 Å². The molecule has 1 saturated heterocycles. The summed E-state index contributed by atoms with van der Waals surface area (Å²) in [5.74, 6) is -3.46. The minimum Gasteiger partial charge on any atom is -0.481 e. The van der Waals surface area contributed by atoms with Crippen LogP contribution in [-0.2, 0) is 47.1 Å². The Labute approximate surface area is 242 Å². The molecule has 2 heterocycles. The highest BCUT2D eigenvalue weighted by Crippen LogP contribution is 2.64. The second kappa shape index (κ2) is 11.0. The predicted octanol–water partition coefficient (Wildman–Crippen LogP) is -0.338. The summed E-state index contributed by atoms with van der Waals surface area (Å²) in [6.45, 7) is 2.86. The minimum absolute atomic E-state index is 0.161. The number of esters is 2. The number of rotatable bonds is 10. The number of nitrogens with one attached hydrogen (secondary N) is 1. The number of ether oxygens (including phenoxy) is 3. The van der Waals surface area contributed by atoms with Crippen LogP contribution in [0.3, 0.4) is 0 Å². The van der Waals surface area contributed by atoms with Gasteiger partial charge in [-0.2, -0.15) is 0 Å². The number of likely N-dealkylation sites (N-methyl/N-ethyl adjacent to an activating group) is 1. The molecule has 13 heteroatoms. The third-order valence-corrected chi connectivity index (χ3v) is 9.10. The lowest BCUT2D eigenvalue weighted by molar-refractivity contribution is -0.176. The molecule has 1 aromatic carbocycles. The van der Waals surface area contributed by atoms with E-state index in [9.17, 15) is 34.5 Å². The number of benzene rings is 1. The van der Waals surface area contributed by atoms with Gasteiger partial charge in [0.1, 0.15) is 23.7 Å². The normalized spacial score (nSPS) is 29.2. The number of hydrogen-bond acceptors (Lipinski definition) is 11. The molecule has 7 atom stereocenters. The Morgan fingerprint density at radius 1 is 1.21 bits per heavy atom. The Hall–Kier alpha value is -3.52. The molecule has 5 rings (SSSR count). The first-order chi connectivity index (χ1) is 19.8. The molecular weight excluding hydrogens is 552 g/mol. The molecule has 4 aliphatic rings. The Balaban J connectivity index is 1.37. The summed E-state index contributed by atoms with van der Waals surface area (Å²) in [6, 6.07) is 2.13. The van der Waals surface area contributed by atoms with Crippen molar-refractivity contribution in [2.45, 2.75) is 94.0 Å². The third-order valence-electron chi connectivity index (χ3n) is 9.10. The van der Waals surface area contributed by atoms with E-state index in [-0.39, 0.29) is 31.2 Å². The van der Waals surface area contributed by atoms with Gasteiger partial charge in [-0.1, -0.05) is 12.1 Å². The van der Waals surface area contributed by atoms with E-state index >= 15 is 0 Å². The highest BCUT2D eigenvalue weighted by molar-refractivity contribution is 5.88. The van der Waals surface area contributed by atoms with E-state index in [1.807, 2.05) is 13.1 Å². The lowest BCUT2D eigenvalue weighted by Gasteiger charge is -2.61. The summed E-state index contributed by atoms with van der Waals surface area (Å²) in [6.07, 6.45) is -1.63. The van der Waals surface area contributed by atoms with Crippen LogP contribution in [0.4, 0.5) is 0 Å². The van der Waals surface area contributed by atoms with E-state index < -0.39 is 65.6 Å². The van der Waals surface area contributed by atoms with Crippen molar-refractivity contribution >= 4 is 23.8 Å². The number of hydrogen-bond donors (Lipinski definition) is 5. The van der Waals surface area contributed by atoms with Gasteiger partial charge < -0.3 is 44.9 Å². The molecular formula is C29H36N2O11. The Kier molecular flexibility index (Phi) is 7.81. The highest BCUT2D eigenvalue weighted by Gasteiger charge is 2.72. The topological polar surface area (TPSA) is 192 Å². The third kappa shape index (κ3) is 4.64. The van der Waals surface area contributed by atoms with Gasteiger partial charge in [0.15, 0.2) is 12.2 Å². The van der Waals surface area contributed by atoms with Crippen molar-refractivity contribution in [1.82, 2.24) is 10.2 Å². The smallest absolute Gasteiger partial charge is 0.352 e. The maximum absolute atomic E-state index is 13.2. The molecule has 0 saturated carbocycles. The quantitative estimate of drug-likeness (QED) is 0.224. The number of carbonyl (C=O) groups is 4. The van der Waals surface area contributed by atoms with E-state index in [1.54, 1.807) is 12.1 Å². The molecule has 228 valence electrons. The Morgan fingerprint density at radius 2 is 1.95 bits per heavy atom. The summed E-state index contributed by atoms with van der Waals surface area (Å²) in [5, 5.41) is 43.0. The minimum atomic E-state index is -1.45. The predicted molar refractivity (Wildman–Crippen MR) is 143 cm³/mol. The summed E-state index contributed by atoms with van der Waals surface area (Å²) >= 11 is 0. The van der Waals surface area contributed by atoms with Crippen molar-refractivity contribution in [3.05, 3.63) is 40.7 Å². The molecule has 42 heavy (non-hydrogen) atoms. The number of likely N-dealkylation sites (tertiary alicyclic amines) is 1. The maximum atomic E-state index is 13.2. The van der Waals surface area contributed by atoms with E-state index in [4.69, 9.17) is 19.3 Å². The van der Waals surface area contributed by atoms with Crippen LogP contribution in [0.1, 0.15) is 56.2 Å². The fourth-order valence-electron chi connectivity index (χ4n) is 6.94. The van der Waals surface area contributed by atoms with Gasteiger partial charge >= 0.3 is 17.9 Å². The number of aliphatic hydroxyl groups is 3. The molecule has 1 fully saturated rings. The second-order valence-electron chi connectivity index (χ2n) is 11.6. The molecule has 0 aromatic heterocycles. The van der Waals surface area contributed by atoms with Crippen LogP contribution >= 0.6 is 0 Å². The highest BCUT2D eigenvalue weighted by atomic mass is 16.6. The zero-order chi connectivity index (χ0) is 30.6. The van der Waals surface area contributed by atoms with Gasteiger partial charge in [-0.3, -0.25) is 9.59 Å². The number of carbonyl (C=O) groups excluding carboxylic acids is 3. The lowest BCUT2D eigenvalue weighted by atomic mass is 9.50. The molecule has 1 aromatic rings. The van der Waals surface area contributed by atoms with Crippen LogP contribution in [0, 0.1) is 0 Å². The fourth-order valence-corrected chi connectivity index (χ4v) is 6.94. The summed E-state index contributed by atoms with van der Waals surface area (Å²) in [5.41, 5.74) is 0.270. The Bertz CT molecular complexity index is 1340.